The number of pyridine rings is 1. The van der Waals surface area contributed by atoms with Crippen molar-refractivity contribution in [3.05, 3.63) is 82.5 Å². The molecule has 9 heteroatoms. The highest BCUT2D eigenvalue weighted by molar-refractivity contribution is 6.30. The summed E-state index contributed by atoms with van der Waals surface area (Å²) in [6.07, 6.45) is 6.81. The highest BCUT2D eigenvalue weighted by Crippen LogP contribution is 2.49. The van der Waals surface area contributed by atoms with Gasteiger partial charge in [-0.1, -0.05) is 43.0 Å². The van der Waals surface area contributed by atoms with Gasteiger partial charge in [0.15, 0.2) is 11.6 Å². The third-order valence-electron chi connectivity index (χ3n) is 7.37. The molecule has 6 nitrogen and oxygen atoms in total. The van der Waals surface area contributed by atoms with Crippen molar-refractivity contribution in [3.63, 3.8) is 0 Å². The molecule has 0 radical (unpaired) electrons. The van der Waals surface area contributed by atoms with Gasteiger partial charge >= 0.3 is 5.97 Å². The smallest absolute Gasteiger partial charge is 0.338 e. The van der Waals surface area contributed by atoms with E-state index in [4.69, 9.17) is 21.1 Å². The van der Waals surface area contributed by atoms with Crippen molar-refractivity contribution in [3.8, 4) is 5.88 Å². The molecule has 0 saturated heterocycles. The molecular weight excluding hydrogens is 500 g/mol. The van der Waals surface area contributed by atoms with E-state index in [1.807, 2.05) is 12.1 Å². The molecule has 1 aliphatic carbocycles. The normalized spacial score (nSPS) is 17.3. The number of aromatic nitrogens is 1. The molecule has 1 aliphatic heterocycles. The van der Waals surface area contributed by atoms with Crippen LogP contribution >= 0.6 is 11.6 Å². The Kier molecular flexibility index (Phi) is 7.20. The van der Waals surface area contributed by atoms with Crippen LogP contribution in [0.1, 0.15) is 48.0 Å². The zero-order chi connectivity index (χ0) is 26.0. The van der Waals surface area contributed by atoms with Crippen molar-refractivity contribution in [1.29, 1.82) is 0 Å². The van der Waals surface area contributed by atoms with Crippen LogP contribution in [-0.4, -0.2) is 24.7 Å². The lowest BCUT2D eigenvalue weighted by atomic mass is 9.72. The number of ether oxygens (including phenoxy) is 2. The maximum atomic E-state index is 14.2. The second-order valence-electron chi connectivity index (χ2n) is 9.57. The molecule has 2 N–H and O–H groups in total. The standard InChI is InChI=1S/C28H28ClF2N3O3/c1-36-27(35)18-11-12-32-26(13-18)37-16-21(17-5-3-2-4-6-17)28(19-7-9-20(29)10-8-19)33-24-14-22(30)23(31)15-25(24)34-28/h7-15,17,21,33-34H,2-6,16H2,1H3. The molecular formula is C28H28ClF2N3O3. The third-order valence-corrected chi connectivity index (χ3v) is 7.62. The third kappa shape index (κ3) is 5.07. The fourth-order valence-corrected chi connectivity index (χ4v) is 5.65. The average molecular weight is 528 g/mol. The Bertz CT molecular complexity index is 1250. The van der Waals surface area contributed by atoms with Crippen molar-refractivity contribution in [2.75, 3.05) is 24.4 Å². The lowest BCUT2D eigenvalue weighted by molar-refractivity contribution is 0.0599. The van der Waals surface area contributed by atoms with Gasteiger partial charge in [-0.15, -0.1) is 0 Å². The second-order valence-corrected chi connectivity index (χ2v) is 10.0. The fourth-order valence-electron chi connectivity index (χ4n) is 5.53. The van der Waals surface area contributed by atoms with Crippen molar-refractivity contribution in [2.45, 2.75) is 37.8 Å². The first-order valence-electron chi connectivity index (χ1n) is 12.4. The molecule has 1 unspecified atom stereocenters. The molecule has 1 saturated carbocycles. The van der Waals surface area contributed by atoms with Gasteiger partial charge in [0.1, 0.15) is 5.66 Å². The number of anilines is 2. The quantitative estimate of drug-likeness (QED) is 0.330. The number of hydrogen-bond acceptors (Lipinski definition) is 6. The van der Waals surface area contributed by atoms with Crippen molar-refractivity contribution in [1.82, 2.24) is 4.98 Å². The summed E-state index contributed by atoms with van der Waals surface area (Å²) in [6, 6.07) is 12.9. The number of nitrogens with one attached hydrogen (secondary N) is 2. The van der Waals surface area contributed by atoms with E-state index in [0.717, 1.165) is 37.7 Å². The maximum absolute atomic E-state index is 14.2. The van der Waals surface area contributed by atoms with Crippen LogP contribution in [-0.2, 0) is 10.4 Å². The van der Waals surface area contributed by atoms with Crippen LogP contribution < -0.4 is 15.4 Å². The predicted molar refractivity (Wildman–Crippen MR) is 138 cm³/mol. The number of nitrogens with zero attached hydrogens (tertiary/aromatic N) is 1. The molecule has 194 valence electrons. The first-order valence-corrected chi connectivity index (χ1v) is 12.8. The van der Waals surface area contributed by atoms with E-state index in [0.29, 0.717) is 27.8 Å². The molecule has 0 amide bonds. The Hall–Kier alpha value is -3.39. The summed E-state index contributed by atoms with van der Waals surface area (Å²) in [4.78, 5) is 16.3. The molecule has 37 heavy (non-hydrogen) atoms. The summed E-state index contributed by atoms with van der Waals surface area (Å²) in [6.45, 7) is 0.240. The number of hydrogen-bond donors (Lipinski definition) is 2. The Morgan fingerprint density at radius 1 is 1.05 bits per heavy atom. The Morgan fingerprint density at radius 2 is 1.70 bits per heavy atom. The Morgan fingerprint density at radius 3 is 2.32 bits per heavy atom. The zero-order valence-electron chi connectivity index (χ0n) is 20.4. The summed E-state index contributed by atoms with van der Waals surface area (Å²) >= 11 is 6.21. The van der Waals surface area contributed by atoms with Crippen molar-refractivity contribution in [2.24, 2.45) is 11.8 Å². The van der Waals surface area contributed by atoms with E-state index in [-0.39, 0.29) is 18.4 Å². The summed E-state index contributed by atoms with van der Waals surface area (Å²) < 4.78 is 39.4. The van der Waals surface area contributed by atoms with Gasteiger partial charge in [0.05, 0.1) is 30.7 Å². The van der Waals surface area contributed by atoms with Gasteiger partial charge in [0.2, 0.25) is 5.88 Å². The molecule has 5 rings (SSSR count). The molecule has 2 aromatic carbocycles. The molecule has 3 aromatic rings. The van der Waals surface area contributed by atoms with Gasteiger partial charge in [0.25, 0.3) is 0 Å². The second kappa shape index (κ2) is 10.5. The number of esters is 1. The van der Waals surface area contributed by atoms with Gasteiger partial charge in [0, 0.05) is 35.3 Å². The van der Waals surface area contributed by atoms with Crippen LogP contribution in [0.5, 0.6) is 5.88 Å². The van der Waals surface area contributed by atoms with Gasteiger partial charge in [-0.25, -0.2) is 18.6 Å². The summed E-state index contributed by atoms with van der Waals surface area (Å²) in [5, 5.41) is 7.56. The molecule has 2 heterocycles. The van der Waals surface area contributed by atoms with E-state index in [9.17, 15) is 13.6 Å². The van der Waals surface area contributed by atoms with Crippen LogP contribution in [0.3, 0.4) is 0 Å². The number of carbonyl (C=O) groups excluding carboxylic acids is 1. The van der Waals surface area contributed by atoms with Crippen LogP contribution in [0.4, 0.5) is 20.2 Å². The zero-order valence-corrected chi connectivity index (χ0v) is 21.2. The van der Waals surface area contributed by atoms with Crippen LogP contribution in [0.2, 0.25) is 5.02 Å². The Balaban J connectivity index is 1.54. The fraction of sp³-hybridized carbons (Fsp3) is 0.357. The average Bonchev–Trinajstić information content (AvgIpc) is 3.28. The first kappa shape index (κ1) is 25.3. The number of fused-ring (bicyclic) bond motifs is 1. The number of methoxy groups -OCH3 is 1. The number of halogens is 3. The van der Waals surface area contributed by atoms with Crippen LogP contribution in [0.25, 0.3) is 0 Å². The van der Waals surface area contributed by atoms with Gasteiger partial charge in [-0.3, -0.25) is 0 Å². The van der Waals surface area contributed by atoms with Crippen LogP contribution in [0.15, 0.2) is 54.7 Å². The minimum absolute atomic E-state index is 0.170. The number of rotatable bonds is 7. The molecule has 1 aromatic heterocycles. The summed E-state index contributed by atoms with van der Waals surface area (Å²) in [7, 11) is 1.32. The van der Waals surface area contributed by atoms with Gasteiger partial charge < -0.3 is 20.1 Å². The topological polar surface area (TPSA) is 72.5 Å². The monoisotopic (exact) mass is 527 g/mol. The summed E-state index contributed by atoms with van der Waals surface area (Å²) in [5.41, 5.74) is 1.23. The van der Waals surface area contributed by atoms with Crippen LogP contribution in [0, 0.1) is 23.5 Å². The Labute approximate surface area is 219 Å². The molecule has 1 atom stereocenters. The number of carbonyl (C=O) groups is 1. The minimum Gasteiger partial charge on any atom is -0.477 e. The van der Waals surface area contributed by atoms with E-state index >= 15 is 0 Å². The molecule has 0 bridgehead atoms. The highest BCUT2D eigenvalue weighted by atomic mass is 35.5. The van der Waals surface area contributed by atoms with E-state index in [2.05, 4.69) is 15.6 Å². The maximum Gasteiger partial charge on any atom is 0.338 e. The van der Waals surface area contributed by atoms with Gasteiger partial charge in [-0.2, -0.15) is 0 Å². The van der Waals surface area contributed by atoms with Crippen molar-refractivity contribution >= 4 is 28.9 Å². The first-order chi connectivity index (χ1) is 17.9. The lowest BCUT2D eigenvalue weighted by Gasteiger charge is -2.44. The van der Waals surface area contributed by atoms with E-state index in [1.165, 1.54) is 25.4 Å². The molecule has 1 fully saturated rings. The highest BCUT2D eigenvalue weighted by Gasteiger charge is 2.49. The number of benzene rings is 2. The van der Waals surface area contributed by atoms with Crippen molar-refractivity contribution < 1.29 is 23.0 Å². The van der Waals surface area contributed by atoms with Gasteiger partial charge in [-0.05, 0) is 42.5 Å². The predicted octanol–water partition coefficient (Wildman–Crippen LogP) is 6.77. The van der Waals surface area contributed by atoms with E-state index < -0.39 is 23.3 Å². The SMILES string of the molecule is COC(=O)c1ccnc(OCC(C2CCCCC2)C2(c3ccc(Cl)cc3)Nc3cc(F)c(F)cc3N2)c1. The molecule has 0 spiro atoms. The minimum atomic E-state index is -0.922. The van der Waals surface area contributed by atoms with E-state index in [1.54, 1.807) is 24.3 Å². The largest absolute Gasteiger partial charge is 0.477 e. The lowest BCUT2D eigenvalue weighted by Crippen LogP contribution is -2.51. The summed E-state index contributed by atoms with van der Waals surface area (Å²) in [5.74, 6) is -1.95. The molecule has 2 aliphatic rings.